The first-order valence-corrected chi connectivity index (χ1v) is 9.52. The van der Waals surface area contributed by atoms with Gasteiger partial charge in [-0.05, 0) is 62.4 Å². The number of guanidine groups is 1. The van der Waals surface area contributed by atoms with Crippen LogP contribution in [0.2, 0.25) is 0 Å². The molecule has 2 N–H and O–H groups in total. The first kappa shape index (κ1) is 19.1. The molecule has 0 bridgehead atoms. The van der Waals surface area contributed by atoms with Gasteiger partial charge in [0.25, 0.3) is 0 Å². The van der Waals surface area contributed by atoms with E-state index in [-0.39, 0.29) is 11.9 Å². The van der Waals surface area contributed by atoms with Gasteiger partial charge in [-0.3, -0.25) is 4.98 Å². The number of pyridine rings is 1. The van der Waals surface area contributed by atoms with E-state index < -0.39 is 0 Å². The first-order chi connectivity index (χ1) is 13.2. The van der Waals surface area contributed by atoms with Crippen LogP contribution in [0.1, 0.15) is 44.0 Å². The smallest absolute Gasteiger partial charge is 0.192 e. The van der Waals surface area contributed by atoms with Gasteiger partial charge in [0.15, 0.2) is 17.5 Å². The summed E-state index contributed by atoms with van der Waals surface area (Å²) in [4.78, 5) is 8.84. The maximum Gasteiger partial charge on any atom is 0.192 e. The highest BCUT2D eigenvalue weighted by Crippen LogP contribution is 2.30. The molecule has 1 aromatic carbocycles. The lowest BCUT2D eigenvalue weighted by Crippen LogP contribution is -2.38. The van der Waals surface area contributed by atoms with Gasteiger partial charge >= 0.3 is 0 Å². The maximum absolute atomic E-state index is 14.3. The Bertz CT molecular complexity index is 762. The molecule has 1 saturated carbocycles. The number of aliphatic imine (C=N–C) groups is 1. The Hall–Kier alpha value is -2.63. The van der Waals surface area contributed by atoms with Gasteiger partial charge in [-0.25, -0.2) is 9.38 Å². The molecule has 144 valence electrons. The maximum atomic E-state index is 14.3. The summed E-state index contributed by atoms with van der Waals surface area (Å²) in [5.74, 6) is 1.28. The molecule has 6 heteroatoms. The molecule has 0 amide bonds. The molecule has 1 aliphatic rings. The highest BCUT2D eigenvalue weighted by atomic mass is 19.1. The lowest BCUT2D eigenvalue weighted by molar-refractivity contribution is 0.285. The summed E-state index contributed by atoms with van der Waals surface area (Å²) >= 11 is 0. The molecule has 0 radical (unpaired) electrons. The van der Waals surface area contributed by atoms with E-state index >= 15 is 0 Å². The van der Waals surface area contributed by atoms with Crippen LogP contribution in [0, 0.1) is 11.7 Å². The number of halogens is 1. The largest absolute Gasteiger partial charge is 0.490 e. The van der Waals surface area contributed by atoms with Gasteiger partial charge in [-0.2, -0.15) is 0 Å². The van der Waals surface area contributed by atoms with Gasteiger partial charge in [0.2, 0.25) is 0 Å². The molecule has 27 heavy (non-hydrogen) atoms. The van der Waals surface area contributed by atoms with Crippen LogP contribution in [0.3, 0.4) is 0 Å². The molecule has 0 spiro atoms. The van der Waals surface area contributed by atoms with Crippen LogP contribution in [-0.4, -0.2) is 24.1 Å². The second kappa shape index (κ2) is 9.35. The minimum Gasteiger partial charge on any atom is -0.490 e. The summed E-state index contributed by atoms with van der Waals surface area (Å²) in [5.41, 5.74) is 1.74. The van der Waals surface area contributed by atoms with Crippen molar-refractivity contribution in [1.29, 1.82) is 0 Å². The van der Waals surface area contributed by atoms with Crippen molar-refractivity contribution in [2.45, 2.75) is 39.3 Å². The molecule has 3 rings (SSSR count). The number of nitrogens with one attached hydrogen (secondary N) is 2. The molecule has 0 aliphatic heterocycles. The van der Waals surface area contributed by atoms with E-state index in [4.69, 9.17) is 4.74 Å². The topological polar surface area (TPSA) is 58.5 Å². The average molecular weight is 370 g/mol. The number of hydrogen-bond acceptors (Lipinski definition) is 3. The zero-order valence-electron chi connectivity index (χ0n) is 15.9. The van der Waals surface area contributed by atoms with Gasteiger partial charge in [-0.15, -0.1) is 0 Å². The van der Waals surface area contributed by atoms with Crippen molar-refractivity contribution in [3.63, 3.8) is 0 Å². The van der Waals surface area contributed by atoms with Crippen LogP contribution >= 0.6 is 0 Å². The van der Waals surface area contributed by atoms with Crippen molar-refractivity contribution in [3.05, 3.63) is 59.7 Å². The Morgan fingerprint density at radius 3 is 2.85 bits per heavy atom. The van der Waals surface area contributed by atoms with E-state index in [2.05, 4.69) is 20.6 Å². The lowest BCUT2D eigenvalue weighted by atomic mass is 10.1. The number of rotatable bonds is 8. The Morgan fingerprint density at radius 1 is 1.33 bits per heavy atom. The Kier molecular flexibility index (Phi) is 6.63. The fraction of sp³-hybridized carbons (Fsp3) is 0.429. The molecule has 1 aliphatic carbocycles. The van der Waals surface area contributed by atoms with Crippen molar-refractivity contribution in [2.24, 2.45) is 10.9 Å². The SMILES string of the molecule is CCNC(=NCc1ccccn1)NC(C)c1ccc(OCC2CC2)c(F)c1. The summed E-state index contributed by atoms with van der Waals surface area (Å²) in [6, 6.07) is 10.8. The van der Waals surface area contributed by atoms with Crippen LogP contribution < -0.4 is 15.4 Å². The molecule has 2 aromatic rings. The van der Waals surface area contributed by atoms with Crippen molar-refractivity contribution in [1.82, 2.24) is 15.6 Å². The summed E-state index contributed by atoms with van der Waals surface area (Å²) in [7, 11) is 0. The van der Waals surface area contributed by atoms with Crippen molar-refractivity contribution in [2.75, 3.05) is 13.2 Å². The third-order valence-corrected chi connectivity index (χ3v) is 4.45. The molecule has 1 atom stereocenters. The molecule has 1 heterocycles. The number of benzene rings is 1. The van der Waals surface area contributed by atoms with E-state index in [1.165, 1.54) is 18.9 Å². The first-order valence-electron chi connectivity index (χ1n) is 9.52. The van der Waals surface area contributed by atoms with E-state index in [9.17, 15) is 4.39 Å². The predicted octanol–water partition coefficient (Wildman–Crippen LogP) is 3.83. The normalized spacial score (nSPS) is 15.3. The predicted molar refractivity (Wildman–Crippen MR) is 105 cm³/mol. The van der Waals surface area contributed by atoms with Crippen LogP contribution in [0.15, 0.2) is 47.6 Å². The van der Waals surface area contributed by atoms with Gasteiger partial charge in [0.05, 0.1) is 24.9 Å². The van der Waals surface area contributed by atoms with Crippen molar-refractivity contribution >= 4 is 5.96 Å². The number of ether oxygens (including phenoxy) is 1. The quantitative estimate of drug-likeness (QED) is 0.548. The second-order valence-electron chi connectivity index (χ2n) is 6.83. The fourth-order valence-electron chi connectivity index (χ4n) is 2.66. The summed E-state index contributed by atoms with van der Waals surface area (Å²) < 4.78 is 19.9. The molecule has 0 saturated heterocycles. The van der Waals surface area contributed by atoms with Crippen LogP contribution in [0.25, 0.3) is 0 Å². The van der Waals surface area contributed by atoms with Gasteiger partial charge in [0.1, 0.15) is 0 Å². The minimum absolute atomic E-state index is 0.0986. The molecular weight excluding hydrogens is 343 g/mol. The Morgan fingerprint density at radius 2 is 2.19 bits per heavy atom. The second-order valence-corrected chi connectivity index (χ2v) is 6.83. The molecular formula is C21H27FN4O. The van der Waals surface area contributed by atoms with Crippen molar-refractivity contribution < 1.29 is 9.13 Å². The van der Waals surface area contributed by atoms with E-state index in [1.807, 2.05) is 38.1 Å². The van der Waals surface area contributed by atoms with Gasteiger partial charge < -0.3 is 15.4 Å². The monoisotopic (exact) mass is 370 g/mol. The minimum atomic E-state index is -0.322. The third kappa shape index (κ3) is 5.94. The molecule has 1 aromatic heterocycles. The number of hydrogen-bond donors (Lipinski definition) is 2. The summed E-state index contributed by atoms with van der Waals surface area (Å²) in [5, 5.41) is 6.53. The zero-order valence-corrected chi connectivity index (χ0v) is 15.9. The molecule has 1 fully saturated rings. The Labute approximate surface area is 160 Å². The summed E-state index contributed by atoms with van der Waals surface area (Å²) in [6.45, 7) is 5.81. The Balaban J connectivity index is 1.62. The van der Waals surface area contributed by atoms with Crippen LogP contribution in [-0.2, 0) is 6.54 Å². The van der Waals surface area contributed by atoms with Gasteiger partial charge in [0, 0.05) is 12.7 Å². The zero-order chi connectivity index (χ0) is 19.1. The standard InChI is InChI=1S/C21H27FN4O/c1-3-23-21(25-13-18-6-4-5-11-24-18)26-15(2)17-9-10-20(19(22)12-17)27-14-16-7-8-16/h4-6,9-12,15-16H,3,7-8,13-14H2,1-2H3,(H2,23,25,26). The lowest BCUT2D eigenvalue weighted by Gasteiger charge is -2.19. The highest BCUT2D eigenvalue weighted by Gasteiger charge is 2.22. The third-order valence-electron chi connectivity index (χ3n) is 4.45. The van der Waals surface area contributed by atoms with E-state index in [0.29, 0.717) is 30.8 Å². The van der Waals surface area contributed by atoms with E-state index in [0.717, 1.165) is 17.8 Å². The molecule has 5 nitrogen and oxygen atoms in total. The van der Waals surface area contributed by atoms with Crippen LogP contribution in [0.4, 0.5) is 4.39 Å². The van der Waals surface area contributed by atoms with Crippen molar-refractivity contribution in [3.8, 4) is 5.75 Å². The highest BCUT2D eigenvalue weighted by molar-refractivity contribution is 5.80. The fourth-order valence-corrected chi connectivity index (χ4v) is 2.66. The van der Waals surface area contributed by atoms with Crippen LogP contribution in [0.5, 0.6) is 5.75 Å². The molecule has 1 unspecified atom stereocenters. The van der Waals surface area contributed by atoms with Gasteiger partial charge in [-0.1, -0.05) is 12.1 Å². The van der Waals surface area contributed by atoms with E-state index in [1.54, 1.807) is 12.3 Å². The number of aromatic nitrogens is 1. The summed E-state index contributed by atoms with van der Waals surface area (Å²) in [6.07, 6.45) is 4.13. The number of nitrogens with zero attached hydrogens (tertiary/aromatic N) is 2. The average Bonchev–Trinajstić information content (AvgIpc) is 3.50.